The highest BCUT2D eigenvalue weighted by molar-refractivity contribution is 5.98. The lowest BCUT2D eigenvalue weighted by Crippen LogP contribution is -2.56. The number of hydrogen-bond donors (Lipinski definition) is 0. The number of nitrogens with zero attached hydrogens (tertiary/aromatic N) is 2. The predicted octanol–water partition coefficient (Wildman–Crippen LogP) is 0.535. The van der Waals surface area contributed by atoms with Gasteiger partial charge in [-0.05, 0) is 0 Å². The third-order valence-electron chi connectivity index (χ3n) is 1.42. The lowest BCUT2D eigenvalue weighted by atomic mass is 9.97. The lowest BCUT2D eigenvalue weighted by Gasteiger charge is -2.29. The molecule has 0 aromatic heterocycles. The van der Waals surface area contributed by atoms with Crippen molar-refractivity contribution in [2.24, 2.45) is 0 Å². The van der Waals surface area contributed by atoms with Gasteiger partial charge in [0.15, 0.2) is 0 Å². The van der Waals surface area contributed by atoms with E-state index in [0.29, 0.717) is 20.2 Å². The van der Waals surface area contributed by atoms with Crippen LogP contribution in [0.4, 0.5) is 22.0 Å². The van der Waals surface area contributed by atoms with Crippen molar-refractivity contribution in [3.05, 3.63) is 0 Å². The third-order valence-corrected chi connectivity index (χ3v) is 1.42. The maximum atomic E-state index is 12.6. The number of halogens is 5. The van der Waals surface area contributed by atoms with Crippen molar-refractivity contribution in [1.82, 2.24) is 0 Å². The van der Waals surface area contributed by atoms with Gasteiger partial charge in [-0.3, -0.25) is 0 Å². The molecule has 0 aromatic carbocycles. The van der Waals surface area contributed by atoms with E-state index in [2.05, 4.69) is 4.65 Å². The Kier molecular flexibility index (Phi) is 3.10. The Bertz CT molecular complexity index is 287. The van der Waals surface area contributed by atoms with Crippen LogP contribution < -0.4 is 0 Å². The SMILES string of the molecule is BOC(C#N)(C#N)C(F)(F)C(F)(F)F. The van der Waals surface area contributed by atoms with Gasteiger partial charge in [0.05, 0.1) is 0 Å². The number of hydrogen-bond acceptors (Lipinski definition) is 3. The molecular weight excluding hydrogens is 210 g/mol. The van der Waals surface area contributed by atoms with Crippen LogP contribution in [0.5, 0.6) is 0 Å². The standard InChI is InChI=1S/C5H2BF5N2O/c6-14-3(1-12,2-13)4(7,8)5(9,10)11/h6H2. The fourth-order valence-corrected chi connectivity index (χ4v) is 0.584. The Morgan fingerprint density at radius 2 is 1.36 bits per heavy atom. The Labute approximate surface area is 76.1 Å². The van der Waals surface area contributed by atoms with Crippen molar-refractivity contribution < 1.29 is 26.6 Å². The Morgan fingerprint density at radius 1 is 1.00 bits per heavy atom. The molecular formula is C5H2BF5N2O. The number of nitriles is 2. The molecule has 0 heterocycles. The van der Waals surface area contributed by atoms with Crippen molar-refractivity contribution in [3.8, 4) is 12.1 Å². The van der Waals surface area contributed by atoms with Crippen LogP contribution in [-0.2, 0) is 4.65 Å². The van der Waals surface area contributed by atoms with E-state index in [-0.39, 0.29) is 0 Å². The molecule has 0 aliphatic heterocycles. The minimum absolute atomic E-state index is 0.423. The molecule has 0 unspecified atom stereocenters. The van der Waals surface area contributed by atoms with Crippen molar-refractivity contribution in [3.63, 3.8) is 0 Å². The van der Waals surface area contributed by atoms with Crippen LogP contribution in [0.25, 0.3) is 0 Å². The summed E-state index contributed by atoms with van der Waals surface area (Å²) in [5.74, 6) is -5.54. The van der Waals surface area contributed by atoms with E-state index in [9.17, 15) is 22.0 Å². The van der Waals surface area contributed by atoms with E-state index in [1.807, 2.05) is 0 Å². The van der Waals surface area contributed by atoms with Gasteiger partial charge in [0, 0.05) is 0 Å². The van der Waals surface area contributed by atoms with Gasteiger partial charge in [0.2, 0.25) is 0 Å². The molecule has 0 atom stereocenters. The zero-order valence-corrected chi connectivity index (χ0v) is 6.69. The van der Waals surface area contributed by atoms with Crippen LogP contribution in [0.1, 0.15) is 0 Å². The van der Waals surface area contributed by atoms with E-state index in [0.717, 1.165) is 0 Å². The van der Waals surface area contributed by atoms with Crippen LogP contribution in [0.15, 0.2) is 0 Å². The topological polar surface area (TPSA) is 56.8 Å². The molecule has 14 heavy (non-hydrogen) atoms. The van der Waals surface area contributed by atoms with Crippen molar-refractivity contribution in [1.29, 1.82) is 10.5 Å². The average Bonchev–Trinajstić information content (AvgIpc) is 2.06. The van der Waals surface area contributed by atoms with Crippen molar-refractivity contribution >= 4 is 8.05 Å². The summed E-state index contributed by atoms with van der Waals surface area (Å²) < 4.78 is 64.0. The fourth-order valence-electron chi connectivity index (χ4n) is 0.584. The summed E-state index contributed by atoms with van der Waals surface area (Å²) in [4.78, 5) is 0. The molecule has 0 fully saturated rings. The second-order valence-corrected chi connectivity index (χ2v) is 2.18. The van der Waals surface area contributed by atoms with Gasteiger partial charge < -0.3 is 4.65 Å². The van der Waals surface area contributed by atoms with Gasteiger partial charge in [-0.2, -0.15) is 32.5 Å². The molecule has 0 radical (unpaired) electrons. The molecule has 0 bridgehead atoms. The summed E-state index contributed by atoms with van der Waals surface area (Å²) in [5, 5.41) is 16.2. The maximum absolute atomic E-state index is 12.6. The summed E-state index contributed by atoms with van der Waals surface area (Å²) in [6.07, 6.45) is -6.02. The Balaban J connectivity index is 5.49. The van der Waals surface area contributed by atoms with Gasteiger partial charge in [0.25, 0.3) is 8.05 Å². The minimum Gasteiger partial charge on any atom is -0.412 e. The van der Waals surface area contributed by atoms with Crippen LogP contribution in [-0.4, -0.2) is 25.7 Å². The molecule has 76 valence electrons. The van der Waals surface area contributed by atoms with Crippen molar-refractivity contribution in [2.75, 3.05) is 0 Å². The average molecular weight is 212 g/mol. The molecule has 0 aromatic rings. The summed E-state index contributed by atoms with van der Waals surface area (Å²) in [6.45, 7) is 0. The largest absolute Gasteiger partial charge is 0.458 e. The van der Waals surface area contributed by atoms with Crippen LogP contribution in [0.2, 0.25) is 0 Å². The Hall–Kier alpha value is -1.35. The first-order valence-corrected chi connectivity index (χ1v) is 3.00. The second-order valence-electron chi connectivity index (χ2n) is 2.18. The summed E-state index contributed by atoms with van der Waals surface area (Å²) in [7, 11) is 0.423. The molecule has 3 nitrogen and oxygen atoms in total. The molecule has 0 saturated heterocycles. The molecule has 0 aliphatic rings. The first-order chi connectivity index (χ1) is 6.18. The maximum Gasteiger partial charge on any atom is 0.458 e. The predicted molar refractivity (Wildman–Crippen MR) is 34.6 cm³/mol. The first kappa shape index (κ1) is 12.7. The van der Waals surface area contributed by atoms with E-state index in [1.165, 1.54) is 0 Å². The number of alkyl halides is 5. The van der Waals surface area contributed by atoms with Crippen LogP contribution >= 0.6 is 0 Å². The minimum atomic E-state index is -6.02. The zero-order chi connectivity index (χ0) is 11.6. The van der Waals surface area contributed by atoms with Gasteiger partial charge in [-0.15, -0.1) is 0 Å². The van der Waals surface area contributed by atoms with E-state index < -0.39 is 17.7 Å². The molecule has 0 spiro atoms. The highest BCUT2D eigenvalue weighted by Crippen LogP contribution is 2.44. The van der Waals surface area contributed by atoms with Gasteiger partial charge >= 0.3 is 17.7 Å². The highest BCUT2D eigenvalue weighted by atomic mass is 19.4. The van der Waals surface area contributed by atoms with E-state index in [4.69, 9.17) is 10.5 Å². The number of rotatable bonds is 2. The summed E-state index contributed by atoms with van der Waals surface area (Å²) >= 11 is 0. The van der Waals surface area contributed by atoms with E-state index >= 15 is 0 Å². The quantitative estimate of drug-likeness (QED) is 0.495. The third kappa shape index (κ3) is 1.51. The van der Waals surface area contributed by atoms with Crippen LogP contribution in [0.3, 0.4) is 0 Å². The monoisotopic (exact) mass is 212 g/mol. The molecule has 9 heteroatoms. The second kappa shape index (κ2) is 3.43. The molecule has 0 amide bonds. The fraction of sp³-hybridized carbons (Fsp3) is 0.600. The van der Waals surface area contributed by atoms with Crippen LogP contribution in [0, 0.1) is 22.7 Å². The van der Waals surface area contributed by atoms with Gasteiger partial charge in [0.1, 0.15) is 12.1 Å². The highest BCUT2D eigenvalue weighted by Gasteiger charge is 2.72. The zero-order valence-electron chi connectivity index (χ0n) is 6.69. The van der Waals surface area contributed by atoms with Gasteiger partial charge in [-0.25, -0.2) is 0 Å². The van der Waals surface area contributed by atoms with E-state index in [1.54, 1.807) is 0 Å². The lowest BCUT2D eigenvalue weighted by molar-refractivity contribution is -0.314. The van der Waals surface area contributed by atoms with Gasteiger partial charge in [-0.1, -0.05) is 0 Å². The van der Waals surface area contributed by atoms with Crippen molar-refractivity contribution in [2.45, 2.75) is 17.7 Å². The summed E-state index contributed by atoms with van der Waals surface area (Å²) in [6, 6.07) is 1.02. The summed E-state index contributed by atoms with van der Waals surface area (Å²) in [5.41, 5.74) is -3.84. The normalized spacial score (nSPS) is 13.1. The molecule has 0 aliphatic carbocycles. The first-order valence-electron chi connectivity index (χ1n) is 3.00. The molecule has 0 rings (SSSR count). The Morgan fingerprint density at radius 3 is 1.43 bits per heavy atom. The molecule has 0 N–H and O–H groups in total. The smallest absolute Gasteiger partial charge is 0.412 e. The molecule has 0 saturated carbocycles.